The van der Waals surface area contributed by atoms with Crippen molar-refractivity contribution in [3.63, 3.8) is 0 Å². The number of nitrogens with two attached hydrogens (primary N) is 1. The van der Waals surface area contributed by atoms with E-state index in [1.807, 2.05) is 0 Å². The summed E-state index contributed by atoms with van der Waals surface area (Å²) in [4.78, 5) is 34.1. The molecule has 1 atom stereocenters. The summed E-state index contributed by atoms with van der Waals surface area (Å²) in [6, 6.07) is 0.666. The molecule has 132 valence electrons. The van der Waals surface area contributed by atoms with Crippen LogP contribution in [-0.4, -0.2) is 30.2 Å². The molecule has 1 unspecified atom stereocenters. The van der Waals surface area contributed by atoms with Gasteiger partial charge in [0.05, 0.1) is 23.2 Å². The number of ketones is 1. The summed E-state index contributed by atoms with van der Waals surface area (Å²) >= 11 is 5.72. The Balaban J connectivity index is 3.24. The van der Waals surface area contributed by atoms with Gasteiger partial charge in [-0.05, 0) is 26.0 Å². The van der Waals surface area contributed by atoms with E-state index in [1.165, 1.54) is 6.92 Å². The molecule has 6 nitrogen and oxygen atoms in total. The van der Waals surface area contributed by atoms with Crippen LogP contribution in [0.4, 0.5) is 13.2 Å². The molecule has 0 saturated heterocycles. The summed E-state index contributed by atoms with van der Waals surface area (Å²) < 4.78 is 44.4. The third-order valence-corrected chi connectivity index (χ3v) is 3.31. The molecule has 0 spiro atoms. The van der Waals surface area contributed by atoms with Crippen LogP contribution in [0.25, 0.3) is 0 Å². The van der Waals surface area contributed by atoms with Gasteiger partial charge in [-0.3, -0.25) is 14.4 Å². The normalized spacial score (nSPS) is 12.4. The number of benzene rings is 1. The van der Waals surface area contributed by atoms with E-state index < -0.39 is 51.7 Å². The van der Waals surface area contributed by atoms with Crippen LogP contribution in [0.2, 0.25) is 5.02 Å². The predicted octanol–water partition coefficient (Wildman–Crippen LogP) is 1.93. The minimum atomic E-state index is -4.85. The number of amides is 2. The van der Waals surface area contributed by atoms with Gasteiger partial charge in [-0.1, -0.05) is 11.6 Å². The first-order valence-corrected chi connectivity index (χ1v) is 7.05. The Bertz CT molecular complexity index is 677. The SMILES string of the molecule is CCOc1ccc(C(=O)NC(C)C(=O)C(N)=O)c(Cl)c1C(F)(F)F. The number of carbonyl (C=O) groups is 3. The summed E-state index contributed by atoms with van der Waals surface area (Å²) in [5.41, 5.74) is 2.97. The predicted molar refractivity (Wildman–Crippen MR) is 78.8 cm³/mol. The first-order chi connectivity index (χ1) is 11.0. The topological polar surface area (TPSA) is 98.5 Å². The minimum absolute atomic E-state index is 0.0326. The second kappa shape index (κ2) is 7.52. The molecule has 1 rings (SSSR count). The highest BCUT2D eigenvalue weighted by Gasteiger charge is 2.39. The molecule has 0 radical (unpaired) electrons. The molecule has 0 saturated carbocycles. The number of primary amides is 1. The van der Waals surface area contributed by atoms with Crippen molar-refractivity contribution in [3.05, 3.63) is 28.3 Å². The fourth-order valence-electron chi connectivity index (χ4n) is 1.83. The summed E-state index contributed by atoms with van der Waals surface area (Å²) in [5, 5.41) is 1.20. The van der Waals surface area contributed by atoms with Crippen LogP contribution >= 0.6 is 11.6 Å². The standard InChI is InChI=1S/C14H14ClF3N2O4/c1-3-24-8-5-4-7(10(15)9(8)14(16,17)18)13(23)20-6(2)11(21)12(19)22/h4-6H,3H2,1-2H3,(H2,19,22)(H,20,23). The van der Waals surface area contributed by atoms with Gasteiger partial charge in [0.15, 0.2) is 0 Å². The first kappa shape index (κ1) is 19.8. The molecule has 0 aliphatic heterocycles. The maximum atomic E-state index is 13.2. The van der Waals surface area contributed by atoms with Gasteiger partial charge in [0.1, 0.15) is 11.3 Å². The smallest absolute Gasteiger partial charge is 0.421 e. The number of ether oxygens (including phenoxy) is 1. The largest absolute Gasteiger partial charge is 0.493 e. The maximum absolute atomic E-state index is 13.2. The Hall–Kier alpha value is -2.29. The third-order valence-electron chi connectivity index (χ3n) is 2.92. The van der Waals surface area contributed by atoms with Gasteiger partial charge >= 0.3 is 6.18 Å². The lowest BCUT2D eigenvalue weighted by Gasteiger charge is -2.18. The molecule has 0 bridgehead atoms. The van der Waals surface area contributed by atoms with E-state index >= 15 is 0 Å². The zero-order valence-corrected chi connectivity index (χ0v) is 13.4. The lowest BCUT2D eigenvalue weighted by atomic mass is 10.1. The van der Waals surface area contributed by atoms with Gasteiger partial charge < -0.3 is 15.8 Å². The lowest BCUT2D eigenvalue weighted by molar-refractivity contribution is -0.138. The molecule has 2 amide bonds. The lowest BCUT2D eigenvalue weighted by Crippen LogP contribution is -2.44. The van der Waals surface area contributed by atoms with Gasteiger partial charge in [0.2, 0.25) is 5.78 Å². The highest BCUT2D eigenvalue weighted by atomic mass is 35.5. The quantitative estimate of drug-likeness (QED) is 0.751. The van der Waals surface area contributed by atoms with Crippen LogP contribution in [0.3, 0.4) is 0 Å². The zero-order chi connectivity index (χ0) is 18.7. The molecular formula is C14H14ClF3N2O4. The maximum Gasteiger partial charge on any atom is 0.421 e. The zero-order valence-electron chi connectivity index (χ0n) is 12.7. The van der Waals surface area contributed by atoms with Crippen LogP contribution in [-0.2, 0) is 15.8 Å². The van der Waals surface area contributed by atoms with Crippen LogP contribution in [0.1, 0.15) is 29.8 Å². The number of hydrogen-bond donors (Lipinski definition) is 2. The van der Waals surface area contributed by atoms with E-state index in [4.69, 9.17) is 22.1 Å². The number of alkyl halides is 3. The summed E-state index contributed by atoms with van der Waals surface area (Å²) in [6.07, 6.45) is -4.85. The Morgan fingerprint density at radius 1 is 1.33 bits per heavy atom. The molecule has 0 fully saturated rings. The van der Waals surface area contributed by atoms with E-state index in [2.05, 4.69) is 5.32 Å². The van der Waals surface area contributed by atoms with Crippen LogP contribution in [0, 0.1) is 0 Å². The van der Waals surface area contributed by atoms with E-state index in [0.717, 1.165) is 19.1 Å². The van der Waals surface area contributed by atoms with Crippen molar-refractivity contribution in [1.29, 1.82) is 0 Å². The summed E-state index contributed by atoms with van der Waals surface area (Å²) in [7, 11) is 0. The molecule has 0 aliphatic carbocycles. The number of carbonyl (C=O) groups excluding carboxylic acids is 3. The first-order valence-electron chi connectivity index (χ1n) is 6.67. The molecule has 1 aromatic rings. The van der Waals surface area contributed by atoms with Crippen molar-refractivity contribution in [3.8, 4) is 5.75 Å². The number of hydrogen-bond acceptors (Lipinski definition) is 4. The second-order valence-electron chi connectivity index (χ2n) is 4.65. The Morgan fingerprint density at radius 2 is 1.92 bits per heavy atom. The Morgan fingerprint density at radius 3 is 2.38 bits per heavy atom. The molecule has 0 heterocycles. The van der Waals surface area contributed by atoms with E-state index in [1.54, 1.807) is 0 Å². The van der Waals surface area contributed by atoms with Gasteiger partial charge in [-0.15, -0.1) is 0 Å². The van der Waals surface area contributed by atoms with Crippen molar-refractivity contribution in [2.24, 2.45) is 5.73 Å². The Labute approximate surface area is 140 Å². The van der Waals surface area contributed by atoms with Crippen LogP contribution in [0.5, 0.6) is 5.75 Å². The van der Waals surface area contributed by atoms with Crippen molar-refractivity contribution >= 4 is 29.2 Å². The van der Waals surface area contributed by atoms with E-state index in [0.29, 0.717) is 0 Å². The average molecular weight is 367 g/mol. The molecule has 0 aromatic heterocycles. The summed E-state index contributed by atoms with van der Waals surface area (Å²) in [5.74, 6) is -3.96. The molecule has 1 aromatic carbocycles. The van der Waals surface area contributed by atoms with Gasteiger partial charge in [0, 0.05) is 0 Å². The number of nitrogens with one attached hydrogen (secondary N) is 1. The monoisotopic (exact) mass is 366 g/mol. The fraction of sp³-hybridized carbons (Fsp3) is 0.357. The van der Waals surface area contributed by atoms with Gasteiger partial charge in [0.25, 0.3) is 11.8 Å². The summed E-state index contributed by atoms with van der Waals surface area (Å²) in [6.45, 7) is 2.62. The number of Topliss-reactive ketones (excluding diaryl/α,β-unsaturated/α-hetero) is 1. The fourth-order valence-corrected chi connectivity index (χ4v) is 2.18. The molecule has 24 heavy (non-hydrogen) atoms. The number of rotatable bonds is 6. The van der Waals surface area contributed by atoms with Crippen LogP contribution < -0.4 is 15.8 Å². The van der Waals surface area contributed by atoms with E-state index in [-0.39, 0.29) is 6.61 Å². The highest BCUT2D eigenvalue weighted by molar-refractivity contribution is 6.38. The molecule has 3 N–H and O–H groups in total. The highest BCUT2D eigenvalue weighted by Crippen LogP contribution is 2.42. The third kappa shape index (κ3) is 4.38. The second-order valence-corrected chi connectivity index (χ2v) is 5.03. The average Bonchev–Trinajstić information content (AvgIpc) is 2.45. The number of halogens is 4. The van der Waals surface area contributed by atoms with Crippen molar-refractivity contribution < 1.29 is 32.3 Å². The Kier molecular flexibility index (Phi) is 6.19. The molecule has 0 aliphatic rings. The van der Waals surface area contributed by atoms with Gasteiger partial charge in [-0.2, -0.15) is 13.2 Å². The van der Waals surface area contributed by atoms with Crippen molar-refractivity contribution in [2.75, 3.05) is 6.61 Å². The van der Waals surface area contributed by atoms with Gasteiger partial charge in [-0.25, -0.2) is 0 Å². The molecular weight excluding hydrogens is 353 g/mol. The van der Waals surface area contributed by atoms with Crippen molar-refractivity contribution in [2.45, 2.75) is 26.1 Å². The molecule has 10 heteroatoms. The minimum Gasteiger partial charge on any atom is -0.493 e. The van der Waals surface area contributed by atoms with E-state index in [9.17, 15) is 27.6 Å². The van der Waals surface area contributed by atoms with Crippen LogP contribution in [0.15, 0.2) is 12.1 Å². The van der Waals surface area contributed by atoms with Crippen molar-refractivity contribution in [1.82, 2.24) is 5.32 Å².